The summed E-state index contributed by atoms with van der Waals surface area (Å²) in [6.07, 6.45) is 0.617. The Labute approximate surface area is 190 Å². The Morgan fingerprint density at radius 1 is 0.848 bits per heavy atom. The standard InChI is InChI=1S/C22H19F6N.C2H6.C2H4/c1-3-11-13-7-5-6-10-8-9-14-17-16(20(23,24)22(27,28)21(17,25)26)12(4-2)18(11)29-19(14)15(10)13;2*1-2/h5-9,11-12,18,29H,3-4H2,1-2H3;1-2H3;1-2H2. The van der Waals surface area contributed by atoms with Crippen LogP contribution in [0.25, 0.3) is 16.3 Å². The first-order valence-electron chi connectivity index (χ1n) is 11.3. The fourth-order valence-electron chi connectivity index (χ4n) is 5.61. The Morgan fingerprint density at radius 3 is 2.03 bits per heavy atom. The lowest BCUT2D eigenvalue weighted by Crippen LogP contribution is -2.51. The van der Waals surface area contributed by atoms with Crippen LogP contribution in [0.3, 0.4) is 0 Å². The first kappa shape index (κ1) is 25.2. The van der Waals surface area contributed by atoms with Gasteiger partial charge >= 0.3 is 17.8 Å². The van der Waals surface area contributed by atoms with Gasteiger partial charge in [-0.15, -0.1) is 13.2 Å². The molecule has 2 bridgehead atoms. The SMILES string of the molecule is C=C.CC.CCC1C2=C(c3ccc4cccc5c4c3NC1C5CC)C(F)(F)C(F)(F)C2(F)F. The number of halogens is 6. The molecule has 0 saturated carbocycles. The molecule has 2 aliphatic heterocycles. The third kappa shape index (κ3) is 3.00. The zero-order valence-electron chi connectivity index (χ0n) is 19.2. The third-order valence-corrected chi connectivity index (χ3v) is 6.89. The summed E-state index contributed by atoms with van der Waals surface area (Å²) >= 11 is 0. The van der Waals surface area contributed by atoms with Gasteiger partial charge in [-0.1, -0.05) is 58.0 Å². The molecule has 3 unspecified atom stereocenters. The van der Waals surface area contributed by atoms with Gasteiger partial charge in [0.1, 0.15) is 0 Å². The number of allylic oxidation sites excluding steroid dienone is 1. The number of benzene rings is 2. The molecule has 1 aliphatic carbocycles. The Kier molecular flexibility index (Phi) is 6.42. The molecule has 0 aromatic heterocycles. The van der Waals surface area contributed by atoms with Crippen LogP contribution in [0.2, 0.25) is 0 Å². The van der Waals surface area contributed by atoms with E-state index in [1.807, 2.05) is 32.9 Å². The maximum atomic E-state index is 15.0. The van der Waals surface area contributed by atoms with Gasteiger partial charge in [-0.2, -0.15) is 26.3 Å². The van der Waals surface area contributed by atoms with Crippen molar-refractivity contribution in [2.75, 3.05) is 5.32 Å². The monoisotopic (exact) mass is 469 g/mol. The Balaban J connectivity index is 0.000000728. The normalized spacial score (nSPS) is 26.9. The van der Waals surface area contributed by atoms with E-state index in [1.165, 1.54) is 6.07 Å². The van der Waals surface area contributed by atoms with E-state index in [0.717, 1.165) is 10.9 Å². The lowest BCUT2D eigenvalue weighted by Gasteiger charge is -2.40. The third-order valence-electron chi connectivity index (χ3n) is 6.89. The molecule has 2 aromatic rings. The second-order valence-corrected chi connectivity index (χ2v) is 8.14. The van der Waals surface area contributed by atoms with Crippen LogP contribution in [0.15, 0.2) is 49.1 Å². The van der Waals surface area contributed by atoms with Gasteiger partial charge in [0.15, 0.2) is 0 Å². The summed E-state index contributed by atoms with van der Waals surface area (Å²) < 4.78 is 88.6. The number of rotatable bonds is 2. The van der Waals surface area contributed by atoms with Crippen molar-refractivity contribution < 1.29 is 26.3 Å². The zero-order valence-corrected chi connectivity index (χ0v) is 19.2. The van der Waals surface area contributed by atoms with Crippen LogP contribution >= 0.6 is 0 Å². The van der Waals surface area contributed by atoms with Crippen molar-refractivity contribution in [2.24, 2.45) is 5.92 Å². The first-order valence-corrected chi connectivity index (χ1v) is 11.3. The zero-order chi connectivity index (χ0) is 24.9. The molecule has 5 rings (SSSR count). The molecule has 0 amide bonds. The molecule has 2 heterocycles. The smallest absolute Gasteiger partial charge is 0.380 e. The van der Waals surface area contributed by atoms with Gasteiger partial charge in [0, 0.05) is 40.0 Å². The van der Waals surface area contributed by atoms with Crippen molar-refractivity contribution in [1.29, 1.82) is 0 Å². The van der Waals surface area contributed by atoms with E-state index in [0.29, 0.717) is 11.8 Å². The number of alkyl halides is 6. The molecule has 3 aliphatic rings. The second kappa shape index (κ2) is 8.41. The van der Waals surface area contributed by atoms with Crippen LogP contribution in [-0.4, -0.2) is 23.8 Å². The van der Waals surface area contributed by atoms with Crippen LogP contribution in [0.5, 0.6) is 0 Å². The number of nitrogens with one attached hydrogen (secondary N) is 1. The molecule has 180 valence electrons. The van der Waals surface area contributed by atoms with Crippen molar-refractivity contribution in [3.63, 3.8) is 0 Å². The average molecular weight is 470 g/mol. The molecule has 1 N–H and O–H groups in total. The van der Waals surface area contributed by atoms with E-state index >= 15 is 0 Å². The van der Waals surface area contributed by atoms with Crippen molar-refractivity contribution in [1.82, 2.24) is 0 Å². The minimum atomic E-state index is -5.47. The molecule has 0 fully saturated rings. The summed E-state index contributed by atoms with van der Waals surface area (Å²) in [6, 6.07) is 7.70. The summed E-state index contributed by atoms with van der Waals surface area (Å²) in [5.74, 6) is -16.7. The largest absolute Gasteiger partial charge is 0.380 e. The average Bonchev–Trinajstić information content (AvgIpc) is 2.91. The molecule has 33 heavy (non-hydrogen) atoms. The highest BCUT2D eigenvalue weighted by Gasteiger charge is 2.81. The maximum absolute atomic E-state index is 15.0. The highest BCUT2D eigenvalue weighted by molar-refractivity contribution is 6.05. The number of fused-ring (bicyclic) bond motifs is 2. The van der Waals surface area contributed by atoms with E-state index in [9.17, 15) is 26.3 Å². The molecule has 0 saturated heterocycles. The molecule has 1 nitrogen and oxygen atoms in total. The van der Waals surface area contributed by atoms with Crippen LogP contribution in [0.1, 0.15) is 57.6 Å². The molecule has 0 spiro atoms. The molecular weight excluding hydrogens is 440 g/mol. The van der Waals surface area contributed by atoms with Gasteiger partial charge in [-0.05, 0) is 23.8 Å². The highest BCUT2D eigenvalue weighted by atomic mass is 19.3. The summed E-state index contributed by atoms with van der Waals surface area (Å²) in [4.78, 5) is 0. The molecule has 3 atom stereocenters. The quantitative estimate of drug-likeness (QED) is 0.343. The van der Waals surface area contributed by atoms with E-state index in [1.54, 1.807) is 19.1 Å². The summed E-state index contributed by atoms with van der Waals surface area (Å²) in [5.41, 5.74) is -1.37. The van der Waals surface area contributed by atoms with Crippen molar-refractivity contribution >= 4 is 22.0 Å². The fourth-order valence-corrected chi connectivity index (χ4v) is 5.61. The molecule has 2 aromatic carbocycles. The summed E-state index contributed by atoms with van der Waals surface area (Å²) in [5, 5.41) is 4.65. The number of hydrogen-bond donors (Lipinski definition) is 1. The van der Waals surface area contributed by atoms with Gasteiger partial charge < -0.3 is 5.32 Å². The van der Waals surface area contributed by atoms with Gasteiger partial charge in [0.2, 0.25) is 0 Å². The predicted octanol–water partition coefficient (Wildman–Crippen LogP) is 8.67. The van der Waals surface area contributed by atoms with E-state index < -0.39 is 40.9 Å². The van der Waals surface area contributed by atoms with Crippen molar-refractivity contribution in [3.05, 3.63) is 60.2 Å². The molecular formula is C26H29F6N. The molecule has 7 heteroatoms. The Morgan fingerprint density at radius 2 is 1.45 bits per heavy atom. The topological polar surface area (TPSA) is 12.0 Å². The van der Waals surface area contributed by atoms with Gasteiger partial charge in [0.05, 0.1) is 5.69 Å². The Bertz CT molecular complexity index is 1090. The first-order chi connectivity index (χ1) is 15.6. The van der Waals surface area contributed by atoms with Crippen LogP contribution in [0.4, 0.5) is 32.0 Å². The van der Waals surface area contributed by atoms with Gasteiger partial charge in [0.25, 0.3) is 0 Å². The van der Waals surface area contributed by atoms with E-state index in [4.69, 9.17) is 0 Å². The highest BCUT2D eigenvalue weighted by Crippen LogP contribution is 2.67. The predicted molar refractivity (Wildman–Crippen MR) is 123 cm³/mol. The van der Waals surface area contributed by atoms with Crippen LogP contribution in [-0.2, 0) is 0 Å². The lowest BCUT2D eigenvalue weighted by atomic mass is 9.74. The summed E-state index contributed by atoms with van der Waals surface area (Å²) in [6.45, 7) is 13.5. The van der Waals surface area contributed by atoms with Crippen LogP contribution < -0.4 is 5.32 Å². The van der Waals surface area contributed by atoms with Gasteiger partial charge in [-0.3, -0.25) is 0 Å². The van der Waals surface area contributed by atoms with E-state index in [-0.39, 0.29) is 23.6 Å². The van der Waals surface area contributed by atoms with Crippen molar-refractivity contribution in [3.8, 4) is 0 Å². The minimum Gasteiger partial charge on any atom is -0.380 e. The number of hydrogen-bond acceptors (Lipinski definition) is 1. The number of anilines is 1. The summed E-state index contributed by atoms with van der Waals surface area (Å²) in [7, 11) is 0. The van der Waals surface area contributed by atoms with Crippen molar-refractivity contribution in [2.45, 2.75) is 70.3 Å². The van der Waals surface area contributed by atoms with Crippen LogP contribution in [0, 0.1) is 5.92 Å². The fraction of sp³-hybridized carbons (Fsp3) is 0.462. The van der Waals surface area contributed by atoms with E-state index in [2.05, 4.69) is 18.5 Å². The second-order valence-electron chi connectivity index (χ2n) is 8.14. The molecule has 0 radical (unpaired) electrons. The Hall–Kier alpha value is -2.44. The minimum absolute atomic E-state index is 0.0497. The maximum Gasteiger partial charge on any atom is 0.380 e. The van der Waals surface area contributed by atoms with Gasteiger partial charge in [-0.25, -0.2) is 0 Å². The lowest BCUT2D eigenvalue weighted by molar-refractivity contribution is -0.261.